The highest BCUT2D eigenvalue weighted by atomic mass is 19.1. The summed E-state index contributed by atoms with van der Waals surface area (Å²) in [5.74, 6) is -0.0323. The fraction of sp³-hybridized carbons (Fsp3) is 0.0400. The number of benzene rings is 2. The Kier molecular flexibility index (Phi) is 6.36. The SMILES string of the molecule is CNC(=O)c1cc(Oc2ccc(NC(=O)c3ccc(-c4cccc(F)c4)cn3)cc2)ccn1. The lowest BCUT2D eigenvalue weighted by Crippen LogP contribution is -2.18. The fourth-order valence-electron chi connectivity index (χ4n) is 3.03. The molecule has 0 saturated carbocycles. The maximum Gasteiger partial charge on any atom is 0.274 e. The largest absolute Gasteiger partial charge is 0.457 e. The molecule has 0 fully saturated rings. The number of amides is 2. The van der Waals surface area contributed by atoms with E-state index in [0.717, 1.165) is 0 Å². The Morgan fingerprint density at radius 2 is 1.64 bits per heavy atom. The number of aromatic nitrogens is 2. The zero-order valence-electron chi connectivity index (χ0n) is 17.6. The predicted molar refractivity (Wildman–Crippen MR) is 122 cm³/mol. The average Bonchev–Trinajstić information content (AvgIpc) is 2.85. The normalized spacial score (nSPS) is 10.4. The molecule has 0 unspecified atom stereocenters. The van der Waals surface area contributed by atoms with Gasteiger partial charge in [0.1, 0.15) is 28.7 Å². The quantitative estimate of drug-likeness (QED) is 0.452. The first-order chi connectivity index (χ1) is 16.0. The fourth-order valence-corrected chi connectivity index (χ4v) is 3.03. The van der Waals surface area contributed by atoms with Crippen LogP contribution in [0.4, 0.5) is 10.1 Å². The molecule has 8 heteroatoms. The molecule has 0 aliphatic rings. The Morgan fingerprint density at radius 1 is 0.818 bits per heavy atom. The van der Waals surface area contributed by atoms with Crippen molar-refractivity contribution in [2.24, 2.45) is 0 Å². The van der Waals surface area contributed by atoms with Crippen LogP contribution in [0.2, 0.25) is 0 Å². The van der Waals surface area contributed by atoms with Gasteiger partial charge in [0.25, 0.3) is 11.8 Å². The molecule has 0 aliphatic heterocycles. The molecule has 0 radical (unpaired) electrons. The number of hydrogen-bond donors (Lipinski definition) is 2. The average molecular weight is 442 g/mol. The summed E-state index contributed by atoms with van der Waals surface area (Å²) in [5.41, 5.74) is 2.43. The van der Waals surface area contributed by atoms with Crippen molar-refractivity contribution in [1.82, 2.24) is 15.3 Å². The van der Waals surface area contributed by atoms with Gasteiger partial charge in [-0.3, -0.25) is 19.6 Å². The highest BCUT2D eigenvalue weighted by molar-refractivity contribution is 6.03. The molecule has 2 amide bonds. The van der Waals surface area contributed by atoms with E-state index < -0.39 is 0 Å². The summed E-state index contributed by atoms with van der Waals surface area (Å²) in [4.78, 5) is 32.4. The van der Waals surface area contributed by atoms with E-state index in [1.807, 2.05) is 0 Å². The smallest absolute Gasteiger partial charge is 0.274 e. The number of nitrogens with one attached hydrogen (secondary N) is 2. The second-order valence-corrected chi connectivity index (χ2v) is 6.98. The molecular weight excluding hydrogens is 423 g/mol. The molecule has 0 bridgehead atoms. The van der Waals surface area contributed by atoms with Crippen molar-refractivity contribution in [3.05, 3.63) is 102 Å². The lowest BCUT2D eigenvalue weighted by atomic mass is 10.1. The van der Waals surface area contributed by atoms with Crippen molar-refractivity contribution in [2.75, 3.05) is 12.4 Å². The van der Waals surface area contributed by atoms with Crippen LogP contribution in [0.15, 0.2) is 85.2 Å². The second-order valence-electron chi connectivity index (χ2n) is 6.98. The summed E-state index contributed by atoms with van der Waals surface area (Å²) in [6.45, 7) is 0. The van der Waals surface area contributed by atoms with Crippen LogP contribution >= 0.6 is 0 Å². The van der Waals surface area contributed by atoms with Crippen LogP contribution in [0.1, 0.15) is 21.0 Å². The molecule has 0 saturated heterocycles. The van der Waals surface area contributed by atoms with Gasteiger partial charge in [-0.25, -0.2) is 4.39 Å². The molecule has 0 aliphatic carbocycles. The summed E-state index contributed by atoms with van der Waals surface area (Å²) in [5, 5.41) is 5.28. The van der Waals surface area contributed by atoms with Gasteiger partial charge in [0, 0.05) is 36.8 Å². The van der Waals surface area contributed by atoms with E-state index in [4.69, 9.17) is 4.74 Å². The lowest BCUT2D eigenvalue weighted by molar-refractivity contribution is 0.0957. The van der Waals surface area contributed by atoms with Crippen LogP contribution in [-0.4, -0.2) is 28.8 Å². The number of carbonyl (C=O) groups excluding carboxylic acids is 2. The molecule has 7 nitrogen and oxygen atoms in total. The lowest BCUT2D eigenvalue weighted by Gasteiger charge is -2.09. The Balaban J connectivity index is 1.40. The molecule has 2 aromatic carbocycles. The van der Waals surface area contributed by atoms with Gasteiger partial charge in [-0.05, 0) is 54.1 Å². The minimum Gasteiger partial charge on any atom is -0.457 e. The van der Waals surface area contributed by atoms with Crippen molar-refractivity contribution in [3.8, 4) is 22.6 Å². The Bertz CT molecular complexity index is 1290. The van der Waals surface area contributed by atoms with Gasteiger partial charge >= 0.3 is 0 Å². The molecule has 33 heavy (non-hydrogen) atoms. The summed E-state index contributed by atoms with van der Waals surface area (Å²) >= 11 is 0. The highest BCUT2D eigenvalue weighted by Gasteiger charge is 2.10. The van der Waals surface area contributed by atoms with Gasteiger partial charge in [-0.15, -0.1) is 0 Å². The van der Waals surface area contributed by atoms with Crippen LogP contribution in [0.3, 0.4) is 0 Å². The van der Waals surface area contributed by atoms with Crippen LogP contribution in [0.5, 0.6) is 11.5 Å². The number of hydrogen-bond acceptors (Lipinski definition) is 5. The Hall–Kier alpha value is -4.59. The molecule has 4 aromatic rings. The van der Waals surface area contributed by atoms with Gasteiger partial charge in [-0.1, -0.05) is 18.2 Å². The zero-order chi connectivity index (χ0) is 23.2. The van der Waals surface area contributed by atoms with Gasteiger partial charge < -0.3 is 15.4 Å². The number of anilines is 1. The Labute approximate surface area is 189 Å². The number of pyridine rings is 2. The highest BCUT2D eigenvalue weighted by Crippen LogP contribution is 2.24. The molecule has 164 valence electrons. The first kappa shape index (κ1) is 21.6. The number of carbonyl (C=O) groups is 2. The van der Waals surface area contributed by atoms with E-state index in [0.29, 0.717) is 28.3 Å². The van der Waals surface area contributed by atoms with Crippen molar-refractivity contribution in [3.63, 3.8) is 0 Å². The summed E-state index contributed by atoms with van der Waals surface area (Å²) < 4.78 is 19.2. The maximum atomic E-state index is 13.4. The van der Waals surface area contributed by atoms with Crippen LogP contribution in [-0.2, 0) is 0 Å². The summed E-state index contributed by atoms with van der Waals surface area (Å²) in [6.07, 6.45) is 3.02. The topological polar surface area (TPSA) is 93.2 Å². The third kappa shape index (κ3) is 5.37. The first-order valence-corrected chi connectivity index (χ1v) is 10.0. The third-order valence-electron chi connectivity index (χ3n) is 4.69. The van der Waals surface area contributed by atoms with E-state index in [9.17, 15) is 14.0 Å². The predicted octanol–water partition coefficient (Wildman–Crippen LogP) is 4.69. The molecule has 2 heterocycles. The van der Waals surface area contributed by atoms with Gasteiger partial charge in [-0.2, -0.15) is 0 Å². The summed E-state index contributed by atoms with van der Waals surface area (Å²) in [7, 11) is 1.53. The molecule has 2 aromatic heterocycles. The minimum atomic E-state index is -0.376. The molecule has 4 rings (SSSR count). The van der Waals surface area contributed by atoms with E-state index in [2.05, 4.69) is 20.6 Å². The van der Waals surface area contributed by atoms with E-state index in [1.165, 1.54) is 37.6 Å². The molecular formula is C25H19FN4O3. The number of ether oxygens (including phenoxy) is 1. The minimum absolute atomic E-state index is 0.231. The monoisotopic (exact) mass is 442 g/mol. The van der Waals surface area contributed by atoms with Gasteiger partial charge in [0.15, 0.2) is 0 Å². The molecule has 2 N–H and O–H groups in total. The maximum absolute atomic E-state index is 13.4. The van der Waals surface area contributed by atoms with Crippen molar-refractivity contribution < 1.29 is 18.7 Å². The number of nitrogens with zero attached hydrogens (tertiary/aromatic N) is 2. The van der Waals surface area contributed by atoms with E-state index >= 15 is 0 Å². The van der Waals surface area contributed by atoms with E-state index in [1.54, 1.807) is 54.6 Å². The van der Waals surface area contributed by atoms with Crippen molar-refractivity contribution >= 4 is 17.5 Å². The van der Waals surface area contributed by atoms with Crippen LogP contribution in [0, 0.1) is 5.82 Å². The standard InChI is InChI=1S/C25H19FN4O3/c1-27-24(31)23-14-21(11-12-28-23)33-20-8-6-19(7-9-20)30-25(32)22-10-5-17(15-29-22)16-3-2-4-18(26)13-16/h2-15H,1H3,(H,27,31)(H,30,32). The third-order valence-corrected chi connectivity index (χ3v) is 4.69. The van der Waals surface area contributed by atoms with Crippen LogP contribution in [0.25, 0.3) is 11.1 Å². The molecule has 0 spiro atoms. The first-order valence-electron chi connectivity index (χ1n) is 10.0. The van der Waals surface area contributed by atoms with Crippen LogP contribution < -0.4 is 15.4 Å². The molecule has 0 atom stereocenters. The van der Waals surface area contributed by atoms with Crippen molar-refractivity contribution in [2.45, 2.75) is 0 Å². The number of rotatable bonds is 6. The Morgan fingerprint density at radius 3 is 2.33 bits per heavy atom. The van der Waals surface area contributed by atoms with Crippen molar-refractivity contribution in [1.29, 1.82) is 0 Å². The number of halogens is 1. The summed E-state index contributed by atoms with van der Waals surface area (Å²) in [6, 6.07) is 19.4. The second kappa shape index (κ2) is 9.69. The van der Waals surface area contributed by atoms with E-state index in [-0.39, 0.29) is 29.0 Å². The van der Waals surface area contributed by atoms with Gasteiger partial charge in [0.05, 0.1) is 0 Å². The van der Waals surface area contributed by atoms with Gasteiger partial charge in [0.2, 0.25) is 0 Å². The zero-order valence-corrected chi connectivity index (χ0v) is 17.6.